The first-order valence-electron chi connectivity index (χ1n) is 6.50. The minimum Gasteiger partial charge on any atom is -0.329 e. The third-order valence-corrected chi connectivity index (χ3v) is 3.51. The first-order chi connectivity index (χ1) is 8.29. The Morgan fingerprint density at radius 1 is 1.22 bits per heavy atom. The zero-order chi connectivity index (χ0) is 12.1. The van der Waals surface area contributed by atoms with Gasteiger partial charge in [-0.15, -0.1) is 12.4 Å². The van der Waals surface area contributed by atoms with Crippen molar-refractivity contribution in [3.05, 3.63) is 35.9 Å². The van der Waals surface area contributed by atoms with Gasteiger partial charge >= 0.3 is 0 Å². The van der Waals surface area contributed by atoms with Gasteiger partial charge in [0.25, 0.3) is 0 Å². The van der Waals surface area contributed by atoms with Gasteiger partial charge in [0.05, 0.1) is 0 Å². The maximum Gasteiger partial charge on any atom is 0.0234 e. The summed E-state index contributed by atoms with van der Waals surface area (Å²) in [4.78, 5) is 5.02. The van der Waals surface area contributed by atoms with Crippen molar-refractivity contribution in [2.24, 2.45) is 5.73 Å². The second-order valence-corrected chi connectivity index (χ2v) is 4.89. The molecule has 102 valence electrons. The lowest BCUT2D eigenvalue weighted by atomic mass is 10.1. The van der Waals surface area contributed by atoms with Crippen molar-refractivity contribution in [2.75, 3.05) is 32.7 Å². The van der Waals surface area contributed by atoms with E-state index in [4.69, 9.17) is 5.73 Å². The molecule has 1 heterocycles. The van der Waals surface area contributed by atoms with Crippen molar-refractivity contribution < 1.29 is 0 Å². The van der Waals surface area contributed by atoms with Crippen molar-refractivity contribution in [1.82, 2.24) is 9.80 Å². The molecule has 0 spiro atoms. The fourth-order valence-corrected chi connectivity index (χ4v) is 2.55. The minimum absolute atomic E-state index is 0. The Hall–Kier alpha value is -0.610. The van der Waals surface area contributed by atoms with E-state index in [1.54, 1.807) is 0 Å². The second kappa shape index (κ2) is 7.74. The molecule has 3 nitrogen and oxygen atoms in total. The van der Waals surface area contributed by atoms with Crippen molar-refractivity contribution in [3.8, 4) is 0 Å². The fraction of sp³-hybridized carbons (Fsp3) is 0.571. The molecule has 1 aromatic rings. The molecule has 1 fully saturated rings. The summed E-state index contributed by atoms with van der Waals surface area (Å²) in [6, 6.07) is 11.3. The van der Waals surface area contributed by atoms with E-state index in [2.05, 4.69) is 47.1 Å². The zero-order valence-corrected chi connectivity index (χ0v) is 11.9. The standard InChI is InChI=1S/C14H23N3.ClH/c1-13-11-16(9-10-17(13)8-7-15)12-14-5-3-2-4-6-14;/h2-6,13H,7-12,15H2,1H3;1H/t13-;/m1./s1. The van der Waals surface area contributed by atoms with Gasteiger partial charge in [-0.3, -0.25) is 9.80 Å². The quantitative estimate of drug-likeness (QED) is 0.901. The van der Waals surface area contributed by atoms with Crippen LogP contribution in [0.4, 0.5) is 0 Å². The molecule has 18 heavy (non-hydrogen) atoms. The van der Waals surface area contributed by atoms with Gasteiger partial charge < -0.3 is 5.73 Å². The number of hydrogen-bond acceptors (Lipinski definition) is 3. The molecule has 2 rings (SSSR count). The predicted octanol–water partition coefficient (Wildman–Crippen LogP) is 1.57. The van der Waals surface area contributed by atoms with E-state index in [-0.39, 0.29) is 12.4 Å². The molecule has 0 radical (unpaired) electrons. The molecule has 2 N–H and O–H groups in total. The van der Waals surface area contributed by atoms with Crippen molar-refractivity contribution in [3.63, 3.8) is 0 Å². The highest BCUT2D eigenvalue weighted by Crippen LogP contribution is 2.12. The molecular formula is C14H24ClN3. The van der Waals surface area contributed by atoms with Gasteiger partial charge in [0.15, 0.2) is 0 Å². The summed E-state index contributed by atoms with van der Waals surface area (Å²) < 4.78 is 0. The van der Waals surface area contributed by atoms with E-state index in [9.17, 15) is 0 Å². The molecular weight excluding hydrogens is 246 g/mol. The Morgan fingerprint density at radius 2 is 1.94 bits per heavy atom. The van der Waals surface area contributed by atoms with Gasteiger partial charge in [0.2, 0.25) is 0 Å². The van der Waals surface area contributed by atoms with Crippen LogP contribution in [0.25, 0.3) is 0 Å². The summed E-state index contributed by atoms with van der Waals surface area (Å²) in [5.41, 5.74) is 7.03. The van der Waals surface area contributed by atoms with Crippen LogP contribution in [0.15, 0.2) is 30.3 Å². The smallest absolute Gasteiger partial charge is 0.0234 e. The first-order valence-corrected chi connectivity index (χ1v) is 6.50. The van der Waals surface area contributed by atoms with Crippen LogP contribution in [0.1, 0.15) is 12.5 Å². The molecule has 0 aromatic heterocycles. The zero-order valence-electron chi connectivity index (χ0n) is 11.1. The van der Waals surface area contributed by atoms with Crippen LogP contribution in [0.2, 0.25) is 0 Å². The van der Waals surface area contributed by atoms with E-state index in [1.165, 1.54) is 5.56 Å². The summed E-state index contributed by atoms with van der Waals surface area (Å²) in [6.07, 6.45) is 0. The Balaban J connectivity index is 0.00000162. The molecule has 0 amide bonds. The van der Waals surface area contributed by atoms with Crippen LogP contribution < -0.4 is 5.73 Å². The molecule has 4 heteroatoms. The number of piperazine rings is 1. The molecule has 1 aliphatic heterocycles. The number of rotatable bonds is 4. The minimum atomic E-state index is 0. The van der Waals surface area contributed by atoms with Gasteiger partial charge in [0, 0.05) is 45.3 Å². The topological polar surface area (TPSA) is 32.5 Å². The molecule has 1 saturated heterocycles. The summed E-state index contributed by atoms with van der Waals surface area (Å²) >= 11 is 0. The lowest BCUT2D eigenvalue weighted by Gasteiger charge is -2.39. The number of hydrogen-bond donors (Lipinski definition) is 1. The maximum absolute atomic E-state index is 5.62. The molecule has 1 aromatic carbocycles. The monoisotopic (exact) mass is 269 g/mol. The van der Waals surface area contributed by atoms with Crippen molar-refractivity contribution in [2.45, 2.75) is 19.5 Å². The second-order valence-electron chi connectivity index (χ2n) is 4.89. The average Bonchev–Trinajstić information content (AvgIpc) is 2.34. The Bertz CT molecular complexity index is 331. The van der Waals surface area contributed by atoms with Crippen LogP contribution in [0, 0.1) is 0 Å². The Morgan fingerprint density at radius 3 is 2.56 bits per heavy atom. The summed E-state index contributed by atoms with van der Waals surface area (Å²) in [5.74, 6) is 0. The highest BCUT2D eigenvalue weighted by Gasteiger charge is 2.22. The number of halogens is 1. The van der Waals surface area contributed by atoms with Gasteiger partial charge in [-0.05, 0) is 12.5 Å². The largest absolute Gasteiger partial charge is 0.329 e. The number of nitrogens with zero attached hydrogens (tertiary/aromatic N) is 2. The van der Waals surface area contributed by atoms with Crippen LogP contribution in [-0.2, 0) is 6.54 Å². The summed E-state index contributed by atoms with van der Waals surface area (Å²) in [7, 11) is 0. The van der Waals surface area contributed by atoms with E-state index in [1.807, 2.05) is 0 Å². The molecule has 1 atom stereocenters. The average molecular weight is 270 g/mol. The molecule has 0 unspecified atom stereocenters. The van der Waals surface area contributed by atoms with Crippen LogP contribution in [0.3, 0.4) is 0 Å². The van der Waals surface area contributed by atoms with Gasteiger partial charge in [-0.25, -0.2) is 0 Å². The first kappa shape index (κ1) is 15.4. The fourth-order valence-electron chi connectivity index (χ4n) is 2.55. The normalized spacial score (nSPS) is 21.6. The van der Waals surface area contributed by atoms with Gasteiger partial charge in [-0.1, -0.05) is 30.3 Å². The van der Waals surface area contributed by atoms with Crippen LogP contribution >= 0.6 is 12.4 Å². The predicted molar refractivity (Wildman–Crippen MR) is 79.1 cm³/mol. The molecule has 0 saturated carbocycles. The van der Waals surface area contributed by atoms with Crippen LogP contribution in [0.5, 0.6) is 0 Å². The Kier molecular flexibility index (Phi) is 6.65. The number of benzene rings is 1. The molecule has 0 aliphatic carbocycles. The highest BCUT2D eigenvalue weighted by atomic mass is 35.5. The van der Waals surface area contributed by atoms with Gasteiger partial charge in [-0.2, -0.15) is 0 Å². The third-order valence-electron chi connectivity index (χ3n) is 3.51. The molecule has 0 bridgehead atoms. The van der Waals surface area contributed by atoms with E-state index in [0.29, 0.717) is 6.04 Å². The SMILES string of the molecule is C[C@@H]1CN(Cc2ccccc2)CCN1CCN.Cl. The maximum atomic E-state index is 5.62. The number of nitrogens with two attached hydrogens (primary N) is 1. The summed E-state index contributed by atoms with van der Waals surface area (Å²) in [6.45, 7) is 8.61. The highest BCUT2D eigenvalue weighted by molar-refractivity contribution is 5.85. The van der Waals surface area contributed by atoms with E-state index >= 15 is 0 Å². The lowest BCUT2D eigenvalue weighted by Crippen LogP contribution is -2.52. The summed E-state index contributed by atoms with van der Waals surface area (Å²) in [5, 5.41) is 0. The molecule has 1 aliphatic rings. The lowest BCUT2D eigenvalue weighted by molar-refractivity contribution is 0.0815. The van der Waals surface area contributed by atoms with Crippen LogP contribution in [-0.4, -0.2) is 48.6 Å². The van der Waals surface area contributed by atoms with Crippen molar-refractivity contribution in [1.29, 1.82) is 0 Å². The van der Waals surface area contributed by atoms with E-state index in [0.717, 1.165) is 39.3 Å². The Labute approximate surface area is 116 Å². The van der Waals surface area contributed by atoms with Gasteiger partial charge in [0.1, 0.15) is 0 Å². The van der Waals surface area contributed by atoms with E-state index < -0.39 is 0 Å². The van der Waals surface area contributed by atoms with Crippen molar-refractivity contribution >= 4 is 12.4 Å². The third kappa shape index (κ3) is 4.25.